The number of aliphatic carboxylic acids is 1. The average molecular weight is 274 g/mol. The first-order valence-electron chi connectivity index (χ1n) is 6.68. The van der Waals surface area contributed by atoms with Crippen LogP contribution in [0.5, 0.6) is 0 Å². The number of aromatic nitrogens is 1. The van der Waals surface area contributed by atoms with Crippen molar-refractivity contribution in [2.24, 2.45) is 5.92 Å². The lowest BCUT2D eigenvalue weighted by atomic mass is 9.97. The molecule has 0 aliphatic carbocycles. The lowest BCUT2D eigenvalue weighted by molar-refractivity contribution is -0.141. The van der Waals surface area contributed by atoms with Crippen LogP contribution in [0.2, 0.25) is 0 Å². The zero-order chi connectivity index (χ0) is 14.1. The van der Waals surface area contributed by atoms with Crippen molar-refractivity contribution in [3.63, 3.8) is 0 Å². The number of benzene rings is 1. The molecule has 1 aliphatic rings. The van der Waals surface area contributed by atoms with Crippen LogP contribution in [-0.4, -0.2) is 29.1 Å². The Bertz CT molecular complexity index is 659. The number of carboxylic acid groups (broad SMARTS) is 1. The van der Waals surface area contributed by atoms with Gasteiger partial charge in [-0.15, -0.1) is 0 Å². The first-order chi connectivity index (χ1) is 9.66. The van der Waals surface area contributed by atoms with E-state index in [1.54, 1.807) is 12.3 Å². The summed E-state index contributed by atoms with van der Waals surface area (Å²) in [7, 11) is 0. The Kier molecular flexibility index (Phi) is 3.26. The summed E-state index contributed by atoms with van der Waals surface area (Å²) in [5, 5.41) is 9.90. The molecule has 3 rings (SSSR count). The van der Waals surface area contributed by atoms with Gasteiger partial charge in [-0.3, -0.25) is 9.78 Å². The molecule has 0 bridgehead atoms. The van der Waals surface area contributed by atoms with Gasteiger partial charge in [0.25, 0.3) is 0 Å². The molecular formula is C15H15FN2O2. The van der Waals surface area contributed by atoms with Crippen LogP contribution in [0.15, 0.2) is 30.5 Å². The normalized spacial score (nSPS) is 19.2. The molecule has 1 N–H and O–H groups in total. The summed E-state index contributed by atoms with van der Waals surface area (Å²) in [5.74, 6) is -1.48. The molecule has 1 unspecified atom stereocenters. The first-order valence-corrected chi connectivity index (χ1v) is 6.68. The van der Waals surface area contributed by atoms with E-state index in [9.17, 15) is 9.18 Å². The van der Waals surface area contributed by atoms with Crippen molar-refractivity contribution in [2.45, 2.75) is 12.8 Å². The second kappa shape index (κ2) is 5.07. The number of para-hydroxylation sites is 1. The van der Waals surface area contributed by atoms with Gasteiger partial charge in [0.2, 0.25) is 0 Å². The third kappa shape index (κ3) is 2.19. The van der Waals surface area contributed by atoms with E-state index in [1.807, 2.05) is 17.0 Å². The minimum absolute atomic E-state index is 0.336. The highest BCUT2D eigenvalue weighted by Crippen LogP contribution is 2.30. The molecule has 4 nitrogen and oxygen atoms in total. The molecule has 2 aromatic rings. The maximum absolute atomic E-state index is 13.8. The van der Waals surface area contributed by atoms with Crippen LogP contribution in [-0.2, 0) is 4.79 Å². The van der Waals surface area contributed by atoms with E-state index in [0.717, 1.165) is 24.0 Å². The molecule has 1 atom stereocenters. The number of anilines is 1. The quantitative estimate of drug-likeness (QED) is 0.914. The second-order valence-corrected chi connectivity index (χ2v) is 5.09. The molecular weight excluding hydrogens is 259 g/mol. The number of piperidine rings is 1. The van der Waals surface area contributed by atoms with Crippen molar-refractivity contribution >= 4 is 22.6 Å². The minimum atomic E-state index is -0.765. The zero-order valence-corrected chi connectivity index (χ0v) is 10.9. The molecule has 2 heterocycles. The maximum Gasteiger partial charge on any atom is 0.308 e. The molecule has 0 amide bonds. The van der Waals surface area contributed by atoms with Crippen LogP contribution < -0.4 is 4.90 Å². The van der Waals surface area contributed by atoms with Crippen LogP contribution in [0, 0.1) is 11.7 Å². The van der Waals surface area contributed by atoms with E-state index in [4.69, 9.17) is 5.11 Å². The van der Waals surface area contributed by atoms with Crippen LogP contribution in [0.25, 0.3) is 10.9 Å². The van der Waals surface area contributed by atoms with Crippen molar-refractivity contribution in [3.8, 4) is 0 Å². The summed E-state index contributed by atoms with van der Waals surface area (Å²) in [6.07, 6.45) is 3.10. The molecule has 0 radical (unpaired) electrons. The van der Waals surface area contributed by atoms with Crippen molar-refractivity contribution in [1.29, 1.82) is 0 Å². The van der Waals surface area contributed by atoms with Crippen molar-refractivity contribution in [3.05, 3.63) is 36.3 Å². The van der Waals surface area contributed by atoms with Crippen LogP contribution in [0.1, 0.15) is 12.8 Å². The van der Waals surface area contributed by atoms with E-state index in [2.05, 4.69) is 4.98 Å². The molecule has 1 saturated heterocycles. The number of carboxylic acids is 1. The lowest BCUT2D eigenvalue weighted by Crippen LogP contribution is -2.38. The monoisotopic (exact) mass is 274 g/mol. The molecule has 5 heteroatoms. The number of nitrogens with zero attached hydrogens (tertiary/aromatic N) is 2. The highest BCUT2D eigenvalue weighted by molar-refractivity contribution is 5.92. The molecule has 1 fully saturated rings. The molecule has 20 heavy (non-hydrogen) atoms. The SMILES string of the molecule is O=C(O)C1CCCN(c2ccnc3c(F)cccc23)C1. The number of pyridine rings is 1. The lowest BCUT2D eigenvalue weighted by Gasteiger charge is -2.33. The van der Waals surface area contributed by atoms with Gasteiger partial charge in [0.05, 0.1) is 5.92 Å². The van der Waals surface area contributed by atoms with E-state index in [1.165, 1.54) is 6.07 Å². The Balaban J connectivity index is 2.02. The van der Waals surface area contributed by atoms with Gasteiger partial charge in [0, 0.05) is 30.4 Å². The third-order valence-corrected chi connectivity index (χ3v) is 3.81. The van der Waals surface area contributed by atoms with Gasteiger partial charge in [-0.1, -0.05) is 12.1 Å². The van der Waals surface area contributed by atoms with E-state index >= 15 is 0 Å². The number of rotatable bonds is 2. The van der Waals surface area contributed by atoms with Crippen LogP contribution in [0.4, 0.5) is 10.1 Å². The predicted molar refractivity (Wildman–Crippen MR) is 74.3 cm³/mol. The highest BCUT2D eigenvalue weighted by Gasteiger charge is 2.26. The predicted octanol–water partition coefficient (Wildman–Crippen LogP) is 2.67. The number of hydrogen-bond acceptors (Lipinski definition) is 3. The summed E-state index contributed by atoms with van der Waals surface area (Å²) in [6, 6.07) is 6.69. The van der Waals surface area contributed by atoms with Gasteiger partial charge in [0.1, 0.15) is 11.3 Å². The molecule has 0 saturated carbocycles. The number of fused-ring (bicyclic) bond motifs is 1. The second-order valence-electron chi connectivity index (χ2n) is 5.09. The summed E-state index contributed by atoms with van der Waals surface area (Å²) >= 11 is 0. The first kappa shape index (κ1) is 12.8. The fraction of sp³-hybridized carbons (Fsp3) is 0.333. The Morgan fingerprint density at radius 2 is 2.25 bits per heavy atom. The van der Waals surface area contributed by atoms with E-state index in [-0.39, 0.29) is 11.7 Å². The third-order valence-electron chi connectivity index (χ3n) is 3.81. The minimum Gasteiger partial charge on any atom is -0.481 e. The van der Waals surface area contributed by atoms with Crippen LogP contribution >= 0.6 is 0 Å². The van der Waals surface area contributed by atoms with Gasteiger partial charge >= 0.3 is 5.97 Å². The van der Waals surface area contributed by atoms with Gasteiger partial charge in [-0.05, 0) is 25.0 Å². The molecule has 1 aliphatic heterocycles. The highest BCUT2D eigenvalue weighted by atomic mass is 19.1. The van der Waals surface area contributed by atoms with E-state index in [0.29, 0.717) is 18.5 Å². The Morgan fingerprint density at radius 1 is 1.40 bits per heavy atom. The van der Waals surface area contributed by atoms with Crippen molar-refractivity contribution in [2.75, 3.05) is 18.0 Å². The van der Waals surface area contributed by atoms with Crippen molar-refractivity contribution < 1.29 is 14.3 Å². The molecule has 104 valence electrons. The van der Waals surface area contributed by atoms with Gasteiger partial charge in [-0.25, -0.2) is 4.39 Å². The Morgan fingerprint density at radius 3 is 3.05 bits per heavy atom. The number of halogens is 1. The molecule has 0 spiro atoms. The maximum atomic E-state index is 13.8. The number of hydrogen-bond donors (Lipinski definition) is 1. The van der Waals surface area contributed by atoms with Gasteiger partial charge in [-0.2, -0.15) is 0 Å². The summed E-state index contributed by atoms with van der Waals surface area (Å²) in [5.41, 5.74) is 1.20. The van der Waals surface area contributed by atoms with E-state index < -0.39 is 5.97 Å². The summed E-state index contributed by atoms with van der Waals surface area (Å²) in [4.78, 5) is 17.2. The average Bonchev–Trinajstić information content (AvgIpc) is 2.47. The standard InChI is InChI=1S/C15H15FN2O2/c16-12-5-1-4-11-13(6-7-17-14(11)12)18-8-2-3-10(9-18)15(19)20/h1,4-7,10H,2-3,8-9H2,(H,19,20). The fourth-order valence-electron chi connectivity index (χ4n) is 2.80. The Labute approximate surface area is 115 Å². The Hall–Kier alpha value is -2.17. The van der Waals surface area contributed by atoms with Crippen LogP contribution in [0.3, 0.4) is 0 Å². The molecule has 1 aromatic heterocycles. The molecule has 1 aromatic carbocycles. The largest absolute Gasteiger partial charge is 0.481 e. The van der Waals surface area contributed by atoms with Gasteiger partial charge in [0.15, 0.2) is 0 Å². The summed E-state index contributed by atoms with van der Waals surface area (Å²) < 4.78 is 13.8. The topological polar surface area (TPSA) is 53.4 Å². The van der Waals surface area contributed by atoms with Crippen molar-refractivity contribution in [1.82, 2.24) is 4.98 Å². The fourth-order valence-corrected chi connectivity index (χ4v) is 2.80. The summed E-state index contributed by atoms with van der Waals surface area (Å²) in [6.45, 7) is 1.25. The van der Waals surface area contributed by atoms with Gasteiger partial charge < -0.3 is 10.0 Å². The zero-order valence-electron chi connectivity index (χ0n) is 10.9. The smallest absolute Gasteiger partial charge is 0.308 e. The number of carbonyl (C=O) groups is 1.